The molecule has 0 bridgehead atoms. The van der Waals surface area contributed by atoms with Gasteiger partial charge in [-0.25, -0.2) is 15.0 Å². The van der Waals surface area contributed by atoms with Crippen LogP contribution in [0.4, 0.5) is 13.2 Å². The summed E-state index contributed by atoms with van der Waals surface area (Å²) in [7, 11) is -1.45. The summed E-state index contributed by atoms with van der Waals surface area (Å²) in [6.45, 7) is 4.87. The van der Waals surface area contributed by atoms with Crippen LogP contribution in [0.25, 0.3) is 17.0 Å². The van der Waals surface area contributed by atoms with Gasteiger partial charge in [-0.15, -0.1) is 0 Å². The molecule has 0 radical (unpaired) electrons. The van der Waals surface area contributed by atoms with Gasteiger partial charge in [0.05, 0.1) is 21.9 Å². The zero-order valence-corrected chi connectivity index (χ0v) is 16.5. The van der Waals surface area contributed by atoms with Crippen LogP contribution in [-0.4, -0.2) is 34.9 Å². The quantitative estimate of drug-likeness (QED) is 0.622. The molecule has 152 valence electrons. The predicted octanol–water partition coefficient (Wildman–Crippen LogP) is 3.62. The average Bonchev–Trinajstić information content (AvgIpc) is 3.09. The summed E-state index contributed by atoms with van der Waals surface area (Å²) in [5.74, 6) is 0.536. The highest BCUT2D eigenvalue weighted by molar-refractivity contribution is 7.85. The fourth-order valence-electron chi connectivity index (χ4n) is 2.48. The Morgan fingerprint density at radius 3 is 2.62 bits per heavy atom. The molecule has 0 saturated carbocycles. The Morgan fingerprint density at radius 2 is 2.00 bits per heavy atom. The van der Waals surface area contributed by atoms with E-state index in [4.69, 9.17) is 10.00 Å². The molecule has 0 N–H and O–H groups in total. The number of fused-ring (bicyclic) bond motifs is 1. The second-order valence-electron chi connectivity index (χ2n) is 6.54. The van der Waals surface area contributed by atoms with Crippen molar-refractivity contribution in [2.75, 3.05) is 5.75 Å². The van der Waals surface area contributed by atoms with E-state index in [0.29, 0.717) is 4.90 Å². The molecule has 0 aliphatic rings. The largest absolute Gasteiger partial charge is 0.471 e. The number of aromatic nitrogens is 4. The van der Waals surface area contributed by atoms with Gasteiger partial charge in [0, 0.05) is 24.1 Å². The molecule has 11 heteroatoms. The van der Waals surface area contributed by atoms with Crippen molar-refractivity contribution in [2.24, 2.45) is 0 Å². The molecule has 3 aromatic heterocycles. The van der Waals surface area contributed by atoms with Crippen molar-refractivity contribution in [3.8, 4) is 23.2 Å². The third-order valence-electron chi connectivity index (χ3n) is 3.86. The lowest BCUT2D eigenvalue weighted by Crippen LogP contribution is -2.25. The molecule has 7 nitrogen and oxygen atoms in total. The van der Waals surface area contributed by atoms with Gasteiger partial charge in [-0.1, -0.05) is 6.92 Å². The van der Waals surface area contributed by atoms with E-state index in [0.717, 1.165) is 12.4 Å². The number of pyridine rings is 1. The third kappa shape index (κ3) is 4.37. The number of rotatable bonds is 5. The van der Waals surface area contributed by atoms with E-state index in [1.54, 1.807) is 20.8 Å². The Bertz CT molecular complexity index is 1130. The summed E-state index contributed by atoms with van der Waals surface area (Å²) >= 11 is 0. The molecular formula is C18H16F3N5O2S. The fourth-order valence-corrected chi connectivity index (χ4v) is 3.41. The lowest BCUT2D eigenvalue weighted by molar-refractivity contribution is -0.141. The first kappa shape index (κ1) is 20.7. The Morgan fingerprint density at radius 1 is 1.28 bits per heavy atom. The number of ether oxygens (including phenoxy) is 1. The van der Waals surface area contributed by atoms with Gasteiger partial charge < -0.3 is 4.74 Å². The molecule has 0 fully saturated rings. The van der Waals surface area contributed by atoms with E-state index < -0.39 is 28.3 Å². The minimum absolute atomic E-state index is 0.0308. The maximum atomic E-state index is 12.9. The highest BCUT2D eigenvalue weighted by Crippen LogP contribution is 2.31. The number of hydrogen-bond acceptors (Lipinski definition) is 6. The number of hydrogen-bond donors (Lipinski definition) is 0. The van der Waals surface area contributed by atoms with Crippen LogP contribution in [0.3, 0.4) is 0 Å². The molecule has 0 aliphatic carbocycles. The summed E-state index contributed by atoms with van der Waals surface area (Å²) in [5, 5.41) is 9.12. The minimum atomic E-state index is -4.59. The van der Waals surface area contributed by atoms with Gasteiger partial charge in [-0.3, -0.25) is 8.61 Å². The molecule has 29 heavy (non-hydrogen) atoms. The molecular weight excluding hydrogens is 407 g/mol. The summed E-state index contributed by atoms with van der Waals surface area (Å²) in [4.78, 5) is 12.1. The number of halogens is 3. The van der Waals surface area contributed by atoms with Crippen LogP contribution in [0, 0.1) is 11.3 Å². The van der Waals surface area contributed by atoms with E-state index in [9.17, 15) is 17.4 Å². The minimum Gasteiger partial charge on any atom is -0.471 e. The lowest BCUT2D eigenvalue weighted by atomic mass is 10.2. The van der Waals surface area contributed by atoms with Crippen molar-refractivity contribution in [1.29, 1.82) is 5.26 Å². The van der Waals surface area contributed by atoms with Gasteiger partial charge >= 0.3 is 6.18 Å². The predicted molar refractivity (Wildman–Crippen MR) is 98.5 cm³/mol. The van der Waals surface area contributed by atoms with Gasteiger partial charge in [-0.05, 0) is 13.8 Å². The number of imidazole rings is 1. The highest BCUT2D eigenvalue weighted by Gasteiger charge is 2.33. The third-order valence-corrected chi connectivity index (χ3v) is 5.18. The lowest BCUT2D eigenvalue weighted by Gasteiger charge is -2.18. The van der Waals surface area contributed by atoms with Crippen LogP contribution in [0.2, 0.25) is 0 Å². The number of nitrogens with zero attached hydrogens (tertiary/aromatic N) is 5. The molecule has 1 atom stereocenters. The monoisotopic (exact) mass is 423 g/mol. The summed E-state index contributed by atoms with van der Waals surface area (Å²) in [5.41, 5.74) is -1.64. The molecule has 3 heterocycles. The highest BCUT2D eigenvalue weighted by atomic mass is 32.2. The SMILES string of the molecule is CC[S@](=O)c1cc(OC(C)(C)C#N)cnc1-c1cn2cnc(C(F)(F)F)cc2n1. The maximum absolute atomic E-state index is 12.9. The Labute approximate surface area is 166 Å². The smallest absolute Gasteiger partial charge is 0.433 e. The summed E-state index contributed by atoms with van der Waals surface area (Å²) < 4.78 is 58.1. The van der Waals surface area contributed by atoms with Crippen LogP contribution in [-0.2, 0) is 17.0 Å². The van der Waals surface area contributed by atoms with Crippen LogP contribution in [0.1, 0.15) is 26.5 Å². The molecule has 0 saturated heterocycles. The summed E-state index contributed by atoms with van der Waals surface area (Å²) in [6, 6.07) is 4.32. The average molecular weight is 423 g/mol. The Kier molecular flexibility index (Phi) is 5.32. The van der Waals surface area contributed by atoms with E-state index in [1.807, 2.05) is 6.07 Å². The topological polar surface area (TPSA) is 93.2 Å². The van der Waals surface area contributed by atoms with Gasteiger partial charge in [0.2, 0.25) is 0 Å². The standard InChI is InChI=1S/C18H16F3N5O2S/c1-4-29(27)13-5-11(28-17(2,3)9-22)7-23-16(13)12-8-26-10-24-14(18(19,20)21)6-15(26)25-12/h5-8,10H,4H2,1-3H3/t29-/m0/s1. The molecule has 0 aliphatic heterocycles. The molecule has 0 spiro atoms. The van der Waals surface area contributed by atoms with Crippen molar-refractivity contribution >= 4 is 16.4 Å². The van der Waals surface area contributed by atoms with Gasteiger partial charge in [0.1, 0.15) is 40.9 Å². The maximum Gasteiger partial charge on any atom is 0.433 e. The normalized spacial score (nSPS) is 13.3. The number of alkyl halides is 3. The van der Waals surface area contributed by atoms with Gasteiger partial charge in [0.25, 0.3) is 0 Å². The van der Waals surface area contributed by atoms with E-state index >= 15 is 0 Å². The van der Waals surface area contributed by atoms with Gasteiger partial charge in [0.15, 0.2) is 5.60 Å². The van der Waals surface area contributed by atoms with Gasteiger partial charge in [-0.2, -0.15) is 18.4 Å². The second-order valence-corrected chi connectivity index (χ2v) is 8.25. The zero-order valence-electron chi connectivity index (χ0n) is 15.7. The van der Waals surface area contributed by atoms with Crippen LogP contribution in [0.5, 0.6) is 5.75 Å². The van der Waals surface area contributed by atoms with Crippen LogP contribution in [0.15, 0.2) is 35.7 Å². The van der Waals surface area contributed by atoms with E-state index in [-0.39, 0.29) is 28.5 Å². The molecule has 3 rings (SSSR count). The van der Waals surface area contributed by atoms with Crippen molar-refractivity contribution in [1.82, 2.24) is 19.4 Å². The molecule has 3 aromatic rings. The second kappa shape index (κ2) is 7.44. The van der Waals surface area contributed by atoms with Crippen LogP contribution >= 0.6 is 0 Å². The molecule has 0 unspecified atom stereocenters. The molecule has 0 amide bonds. The number of nitriles is 1. The molecule has 0 aromatic carbocycles. The fraction of sp³-hybridized carbons (Fsp3) is 0.333. The van der Waals surface area contributed by atoms with E-state index in [2.05, 4.69) is 15.0 Å². The van der Waals surface area contributed by atoms with Crippen molar-refractivity contribution < 1.29 is 22.1 Å². The zero-order chi connectivity index (χ0) is 21.4. The first-order chi connectivity index (χ1) is 13.5. The first-order valence-electron chi connectivity index (χ1n) is 8.45. The van der Waals surface area contributed by atoms with Crippen molar-refractivity contribution in [2.45, 2.75) is 37.4 Å². The Hall–Kier alpha value is -3.00. The van der Waals surface area contributed by atoms with Crippen molar-refractivity contribution in [3.05, 3.63) is 36.5 Å². The Balaban J connectivity index is 2.10. The summed E-state index contributed by atoms with van der Waals surface area (Å²) in [6.07, 6.45) is -0.763. The van der Waals surface area contributed by atoms with E-state index in [1.165, 1.54) is 22.9 Å². The first-order valence-corrected chi connectivity index (χ1v) is 9.77. The van der Waals surface area contributed by atoms with Crippen LogP contribution < -0.4 is 4.74 Å². The van der Waals surface area contributed by atoms with Crippen molar-refractivity contribution in [3.63, 3.8) is 0 Å².